The molecule has 45 heavy (non-hydrogen) atoms. The quantitative estimate of drug-likeness (QED) is 0.478. The minimum absolute atomic E-state index is 0.0282. The molecule has 1 saturated carbocycles. The molecular weight excluding hydrogens is 572 g/mol. The fraction of sp³-hybridized carbons (Fsp3) is 0.500. The van der Waals surface area contributed by atoms with Gasteiger partial charge in [-0.3, -0.25) is 39.1 Å². The Morgan fingerprint density at radius 2 is 1.36 bits per heavy atom. The van der Waals surface area contributed by atoms with Crippen molar-refractivity contribution in [1.82, 2.24) is 20.4 Å². The first-order valence-electron chi connectivity index (χ1n) is 16.4. The van der Waals surface area contributed by atoms with Gasteiger partial charge in [0.05, 0.1) is 11.1 Å². The van der Waals surface area contributed by atoms with Gasteiger partial charge in [-0.25, -0.2) is 0 Å². The van der Waals surface area contributed by atoms with Crippen molar-refractivity contribution in [2.45, 2.75) is 69.5 Å². The number of piperazine rings is 1. The van der Waals surface area contributed by atoms with Gasteiger partial charge in [0.1, 0.15) is 6.04 Å². The molecule has 4 heterocycles. The molecule has 1 aliphatic carbocycles. The topological polar surface area (TPSA) is 122 Å². The minimum Gasteiger partial charge on any atom is -0.371 e. The number of piperidine rings is 2. The highest BCUT2D eigenvalue weighted by Crippen LogP contribution is 2.32. The maximum absolute atomic E-state index is 13.3. The Morgan fingerprint density at radius 3 is 2.04 bits per heavy atom. The molecular formula is C34H40N6O5. The van der Waals surface area contributed by atoms with Crippen LogP contribution >= 0.6 is 0 Å². The molecule has 5 aliphatic rings. The van der Waals surface area contributed by atoms with Crippen LogP contribution in [-0.4, -0.2) is 96.7 Å². The lowest BCUT2D eigenvalue weighted by Crippen LogP contribution is -2.54. The molecule has 0 bridgehead atoms. The zero-order chi connectivity index (χ0) is 31.1. The van der Waals surface area contributed by atoms with Gasteiger partial charge in [-0.2, -0.15) is 0 Å². The maximum atomic E-state index is 13.3. The number of carbonyl (C=O) groups excluding carboxylic acids is 5. The second-order valence-corrected chi connectivity index (χ2v) is 12.9. The zero-order valence-corrected chi connectivity index (χ0v) is 25.5. The van der Waals surface area contributed by atoms with E-state index in [0.717, 1.165) is 86.8 Å². The van der Waals surface area contributed by atoms with E-state index < -0.39 is 23.8 Å². The highest BCUT2D eigenvalue weighted by Gasteiger charge is 2.45. The van der Waals surface area contributed by atoms with Crippen LogP contribution in [0, 0.1) is 0 Å². The summed E-state index contributed by atoms with van der Waals surface area (Å²) in [6.45, 7) is 5.43. The van der Waals surface area contributed by atoms with Gasteiger partial charge in [-0.1, -0.05) is 12.8 Å². The number of nitrogens with zero attached hydrogens (tertiary/aromatic N) is 4. The van der Waals surface area contributed by atoms with Gasteiger partial charge in [-0.05, 0) is 74.6 Å². The third-order valence-corrected chi connectivity index (χ3v) is 10.3. The van der Waals surface area contributed by atoms with Gasteiger partial charge in [0.2, 0.25) is 11.8 Å². The van der Waals surface area contributed by atoms with Gasteiger partial charge < -0.3 is 15.1 Å². The smallest absolute Gasteiger partial charge is 0.262 e. The molecule has 0 spiro atoms. The second kappa shape index (κ2) is 12.3. The molecule has 3 saturated heterocycles. The molecule has 236 valence electrons. The third-order valence-electron chi connectivity index (χ3n) is 10.3. The van der Waals surface area contributed by atoms with E-state index in [-0.39, 0.29) is 24.7 Å². The molecule has 0 aromatic heterocycles. The van der Waals surface area contributed by atoms with Crippen molar-refractivity contribution in [1.29, 1.82) is 0 Å². The summed E-state index contributed by atoms with van der Waals surface area (Å²) in [6, 6.07) is 13.3. The standard InChI is InChI=1S/C34H40N6O5/c41-30-12-11-29(32(43)36-30)40-33(44)27-10-9-26(21-28(27)34(40)45)39-19-17-38(18-20-39)25-13-15-37(16-14-25)24-7-5-22(6-8-24)31(42)35-23-3-1-2-4-23/h5-10,21,23,25,29H,1-4,11-20H2,(H,35,42)(H,36,41,43). The van der Waals surface area contributed by atoms with E-state index in [1.165, 1.54) is 12.8 Å². The first-order valence-corrected chi connectivity index (χ1v) is 16.4. The largest absolute Gasteiger partial charge is 0.371 e. The van der Waals surface area contributed by atoms with Crippen LogP contribution < -0.4 is 20.4 Å². The summed E-state index contributed by atoms with van der Waals surface area (Å²) in [5.41, 5.74) is 3.41. The summed E-state index contributed by atoms with van der Waals surface area (Å²) in [4.78, 5) is 71.1. The molecule has 1 atom stereocenters. The van der Waals surface area contributed by atoms with Crippen molar-refractivity contribution in [3.8, 4) is 0 Å². The summed E-state index contributed by atoms with van der Waals surface area (Å²) < 4.78 is 0. The lowest BCUT2D eigenvalue weighted by molar-refractivity contribution is -0.136. The van der Waals surface area contributed by atoms with Gasteiger partial charge in [0.15, 0.2) is 0 Å². The molecule has 1 unspecified atom stereocenters. The van der Waals surface area contributed by atoms with E-state index >= 15 is 0 Å². The number of benzene rings is 2. The average Bonchev–Trinajstić information content (AvgIpc) is 3.67. The third kappa shape index (κ3) is 5.81. The van der Waals surface area contributed by atoms with E-state index in [4.69, 9.17) is 0 Å². The van der Waals surface area contributed by atoms with E-state index in [1.54, 1.807) is 12.1 Å². The first kappa shape index (κ1) is 29.5. The predicted molar refractivity (Wildman–Crippen MR) is 168 cm³/mol. The number of rotatable bonds is 6. The fourth-order valence-electron chi connectivity index (χ4n) is 7.65. The van der Waals surface area contributed by atoms with Gasteiger partial charge in [-0.15, -0.1) is 0 Å². The van der Waals surface area contributed by atoms with E-state index in [9.17, 15) is 24.0 Å². The summed E-state index contributed by atoms with van der Waals surface area (Å²) in [5.74, 6) is -1.90. The Morgan fingerprint density at radius 1 is 0.711 bits per heavy atom. The number of nitrogens with one attached hydrogen (secondary N) is 2. The van der Waals surface area contributed by atoms with Crippen LogP contribution in [0.4, 0.5) is 11.4 Å². The number of imide groups is 2. The lowest BCUT2D eigenvalue weighted by Gasteiger charge is -2.44. The van der Waals surface area contributed by atoms with Crippen LogP contribution in [0.15, 0.2) is 42.5 Å². The molecule has 4 aliphatic heterocycles. The van der Waals surface area contributed by atoms with Crippen molar-refractivity contribution in [2.24, 2.45) is 0 Å². The predicted octanol–water partition coefficient (Wildman–Crippen LogP) is 2.55. The number of carbonyl (C=O) groups is 5. The average molecular weight is 613 g/mol. The molecule has 2 N–H and O–H groups in total. The Bertz CT molecular complexity index is 1500. The minimum atomic E-state index is -0.958. The summed E-state index contributed by atoms with van der Waals surface area (Å²) in [7, 11) is 0. The molecule has 2 aromatic rings. The van der Waals surface area contributed by atoms with Gasteiger partial charge in [0.25, 0.3) is 17.7 Å². The van der Waals surface area contributed by atoms with E-state index in [2.05, 4.69) is 37.5 Å². The Balaban J connectivity index is 0.907. The Labute approximate surface area is 262 Å². The van der Waals surface area contributed by atoms with Crippen LogP contribution in [0.3, 0.4) is 0 Å². The number of hydrogen-bond donors (Lipinski definition) is 2. The highest BCUT2D eigenvalue weighted by molar-refractivity contribution is 6.23. The maximum Gasteiger partial charge on any atom is 0.262 e. The molecule has 11 heteroatoms. The van der Waals surface area contributed by atoms with Gasteiger partial charge in [0, 0.05) is 74.7 Å². The summed E-state index contributed by atoms with van der Waals surface area (Å²) >= 11 is 0. The zero-order valence-electron chi connectivity index (χ0n) is 25.5. The molecule has 11 nitrogen and oxygen atoms in total. The normalized spacial score (nSPS) is 23.5. The van der Waals surface area contributed by atoms with Crippen molar-refractivity contribution < 1.29 is 24.0 Å². The number of amides is 5. The second-order valence-electron chi connectivity index (χ2n) is 12.9. The number of hydrogen-bond acceptors (Lipinski definition) is 8. The molecule has 5 amide bonds. The van der Waals surface area contributed by atoms with Crippen LogP contribution in [0.1, 0.15) is 82.4 Å². The Kier molecular flexibility index (Phi) is 8.03. The fourth-order valence-corrected chi connectivity index (χ4v) is 7.65. The van der Waals surface area contributed by atoms with Crippen molar-refractivity contribution in [3.63, 3.8) is 0 Å². The van der Waals surface area contributed by atoms with Crippen LogP contribution in [0.2, 0.25) is 0 Å². The van der Waals surface area contributed by atoms with E-state index in [1.807, 2.05) is 18.2 Å². The van der Waals surface area contributed by atoms with Crippen molar-refractivity contribution in [2.75, 3.05) is 49.1 Å². The summed E-state index contributed by atoms with van der Waals surface area (Å²) in [5, 5.41) is 5.41. The lowest BCUT2D eigenvalue weighted by atomic mass is 10.0. The molecule has 7 rings (SSSR count). The molecule has 2 aromatic carbocycles. The number of anilines is 2. The van der Waals surface area contributed by atoms with Crippen LogP contribution in [0.25, 0.3) is 0 Å². The first-order chi connectivity index (χ1) is 21.9. The molecule has 0 radical (unpaired) electrons. The highest BCUT2D eigenvalue weighted by atomic mass is 16.2. The molecule has 4 fully saturated rings. The monoisotopic (exact) mass is 612 g/mol. The SMILES string of the molecule is O=C1CCC(N2C(=O)c3ccc(N4CCN(C5CCN(c6ccc(C(=O)NC7CCCC7)cc6)CC5)CC4)cc3C2=O)C(=O)N1. The number of fused-ring (bicyclic) bond motifs is 1. The summed E-state index contributed by atoms with van der Waals surface area (Å²) in [6.07, 6.45) is 6.97. The van der Waals surface area contributed by atoms with E-state index in [0.29, 0.717) is 23.2 Å². The van der Waals surface area contributed by atoms with Gasteiger partial charge >= 0.3 is 0 Å². The van der Waals surface area contributed by atoms with Crippen molar-refractivity contribution >= 4 is 40.9 Å². The van der Waals surface area contributed by atoms with Crippen molar-refractivity contribution in [3.05, 3.63) is 59.2 Å². The Hall–Kier alpha value is -4.25. The van der Waals surface area contributed by atoms with Crippen LogP contribution in [-0.2, 0) is 9.59 Å². The van der Waals surface area contributed by atoms with Crippen LogP contribution in [0.5, 0.6) is 0 Å².